The van der Waals surface area contributed by atoms with Crippen molar-refractivity contribution in [3.63, 3.8) is 0 Å². The summed E-state index contributed by atoms with van der Waals surface area (Å²) in [5.41, 5.74) is 1.23. The number of alkyl halides is 3. The Kier molecular flexibility index (Phi) is 7.17. The van der Waals surface area contributed by atoms with Gasteiger partial charge in [0.15, 0.2) is 0 Å². The molecule has 1 unspecified atom stereocenters. The second-order valence-corrected chi connectivity index (χ2v) is 9.89. The van der Waals surface area contributed by atoms with E-state index >= 15 is 0 Å². The average molecular weight is 539 g/mol. The zero-order chi connectivity index (χ0) is 27.7. The molecule has 0 spiro atoms. The third kappa shape index (κ3) is 5.98. The third-order valence-electron chi connectivity index (χ3n) is 6.86. The number of ether oxygens (including phenoxy) is 1. The quantitative estimate of drug-likeness (QED) is 0.292. The van der Waals surface area contributed by atoms with Crippen LogP contribution in [0.15, 0.2) is 60.8 Å². The fraction of sp³-hybridized carbons (Fsp3) is 0.321. The molecule has 0 saturated carbocycles. The van der Waals surface area contributed by atoms with Crippen LogP contribution in [0.1, 0.15) is 25.8 Å². The molecule has 1 aliphatic rings. The maximum atomic E-state index is 12.9. The predicted octanol–water partition coefficient (Wildman–Crippen LogP) is 6.19. The van der Waals surface area contributed by atoms with Crippen molar-refractivity contribution in [1.29, 1.82) is 0 Å². The van der Waals surface area contributed by atoms with E-state index in [2.05, 4.69) is 39.3 Å². The molecule has 3 heterocycles. The van der Waals surface area contributed by atoms with Gasteiger partial charge in [-0.15, -0.1) is 0 Å². The van der Waals surface area contributed by atoms with Gasteiger partial charge in [-0.25, -0.2) is 9.97 Å². The first-order valence-electron chi connectivity index (χ1n) is 12.7. The minimum atomic E-state index is -4.39. The number of hydrogen-bond acceptors (Lipinski definition) is 6. The van der Waals surface area contributed by atoms with Gasteiger partial charge >= 0.3 is 6.18 Å². The second-order valence-electron chi connectivity index (χ2n) is 9.89. The molecule has 1 amide bonds. The highest BCUT2D eigenvalue weighted by Gasteiger charge is 2.30. The molecule has 2 aromatic heterocycles. The highest BCUT2D eigenvalue weighted by Crippen LogP contribution is 2.32. The average Bonchev–Trinajstić information content (AvgIpc) is 3.50. The summed E-state index contributed by atoms with van der Waals surface area (Å²) in [5, 5.41) is 5.96. The number of likely N-dealkylation sites (tertiary alicyclic amines) is 1. The van der Waals surface area contributed by atoms with Crippen molar-refractivity contribution in [3.05, 3.63) is 66.4 Å². The molecule has 1 aliphatic heterocycles. The van der Waals surface area contributed by atoms with Gasteiger partial charge in [-0.2, -0.15) is 13.2 Å². The number of nitrogens with zero attached hydrogens (tertiary/aromatic N) is 4. The van der Waals surface area contributed by atoms with Crippen molar-refractivity contribution in [3.8, 4) is 11.5 Å². The Labute approximate surface area is 223 Å². The van der Waals surface area contributed by atoms with Crippen LogP contribution < -0.4 is 15.4 Å². The Balaban J connectivity index is 1.26. The smallest absolute Gasteiger partial charge is 0.416 e. The van der Waals surface area contributed by atoms with E-state index in [9.17, 15) is 18.0 Å². The van der Waals surface area contributed by atoms with E-state index in [1.807, 2.05) is 13.1 Å². The topological polar surface area (TPSA) is 84.3 Å². The van der Waals surface area contributed by atoms with Crippen LogP contribution in [0.5, 0.6) is 11.5 Å². The minimum Gasteiger partial charge on any atom is -0.457 e. The normalized spacial score (nSPS) is 16.1. The van der Waals surface area contributed by atoms with Gasteiger partial charge in [0, 0.05) is 43.7 Å². The largest absolute Gasteiger partial charge is 0.457 e. The van der Waals surface area contributed by atoms with Gasteiger partial charge in [-0.05, 0) is 69.3 Å². The van der Waals surface area contributed by atoms with E-state index in [4.69, 9.17) is 4.74 Å². The van der Waals surface area contributed by atoms with Crippen molar-refractivity contribution < 1.29 is 22.7 Å². The Morgan fingerprint density at radius 2 is 1.82 bits per heavy atom. The van der Waals surface area contributed by atoms with Gasteiger partial charge in [0.25, 0.3) is 0 Å². The first-order valence-corrected chi connectivity index (χ1v) is 12.7. The SMILES string of the molecule is CC(C)N1CCC(C(=O)Nc2cc(Oc3ccc4c(c3)nc(Nc3ccc(C(F)(F)F)cc3)n4C)ccn2)C1. The second kappa shape index (κ2) is 10.6. The lowest BCUT2D eigenvalue weighted by molar-refractivity contribution is -0.137. The molecular weight excluding hydrogens is 509 g/mol. The molecule has 1 atom stereocenters. The number of benzene rings is 2. The number of halogens is 3. The number of hydrogen-bond donors (Lipinski definition) is 2. The predicted molar refractivity (Wildman–Crippen MR) is 143 cm³/mol. The maximum absolute atomic E-state index is 12.9. The Hall–Kier alpha value is -4.12. The number of amides is 1. The van der Waals surface area contributed by atoms with Gasteiger partial charge in [0.1, 0.15) is 17.3 Å². The maximum Gasteiger partial charge on any atom is 0.416 e. The van der Waals surface area contributed by atoms with Crippen molar-refractivity contribution in [1.82, 2.24) is 19.4 Å². The molecule has 0 radical (unpaired) electrons. The summed E-state index contributed by atoms with van der Waals surface area (Å²) in [6, 6.07) is 14.0. The molecule has 11 heteroatoms. The standard InChI is InChI=1S/C28H29F3N6O2/c1-17(2)37-13-11-18(16-37)26(38)35-25-15-22(10-12-32-25)39-21-8-9-24-23(14-21)34-27(36(24)3)33-20-6-4-19(5-7-20)28(29,30)31/h4-10,12,14-15,17-18H,11,13,16H2,1-3H3,(H,33,34)(H,32,35,38). The Morgan fingerprint density at radius 1 is 1.08 bits per heavy atom. The molecule has 0 bridgehead atoms. The minimum absolute atomic E-state index is 0.0502. The number of rotatable bonds is 7. The number of fused-ring (bicyclic) bond motifs is 1. The zero-order valence-corrected chi connectivity index (χ0v) is 21.8. The number of pyridine rings is 1. The highest BCUT2D eigenvalue weighted by atomic mass is 19.4. The van der Waals surface area contributed by atoms with Crippen LogP contribution in [0.2, 0.25) is 0 Å². The lowest BCUT2D eigenvalue weighted by atomic mass is 10.1. The van der Waals surface area contributed by atoms with Gasteiger partial charge in [0.2, 0.25) is 11.9 Å². The molecule has 4 aromatic rings. The molecule has 204 valence electrons. The number of aryl methyl sites for hydroxylation is 1. The van der Waals surface area contributed by atoms with Crippen LogP contribution in [-0.2, 0) is 18.0 Å². The molecule has 8 nitrogen and oxygen atoms in total. The van der Waals surface area contributed by atoms with E-state index in [1.165, 1.54) is 12.1 Å². The number of carbonyl (C=O) groups excluding carboxylic acids is 1. The summed E-state index contributed by atoms with van der Waals surface area (Å²) < 4.78 is 46.4. The number of imidazole rings is 1. The molecular formula is C28H29F3N6O2. The summed E-state index contributed by atoms with van der Waals surface area (Å²) in [6.07, 6.45) is -2.00. The van der Waals surface area contributed by atoms with Crippen LogP contribution in [-0.4, -0.2) is 44.5 Å². The fourth-order valence-electron chi connectivity index (χ4n) is 4.60. The van der Waals surface area contributed by atoms with Gasteiger partial charge in [-0.3, -0.25) is 4.79 Å². The fourth-order valence-corrected chi connectivity index (χ4v) is 4.60. The van der Waals surface area contributed by atoms with E-state index in [0.29, 0.717) is 40.5 Å². The molecule has 2 aromatic carbocycles. The van der Waals surface area contributed by atoms with Gasteiger partial charge in [-0.1, -0.05) is 0 Å². The number of aromatic nitrogens is 3. The van der Waals surface area contributed by atoms with Crippen molar-refractivity contribution in [2.24, 2.45) is 13.0 Å². The number of carbonyl (C=O) groups is 1. The molecule has 1 fully saturated rings. The van der Waals surface area contributed by atoms with Crippen LogP contribution in [0.3, 0.4) is 0 Å². The number of nitrogens with one attached hydrogen (secondary N) is 2. The van der Waals surface area contributed by atoms with E-state index < -0.39 is 11.7 Å². The van der Waals surface area contributed by atoms with Crippen molar-refractivity contribution in [2.75, 3.05) is 23.7 Å². The Bertz CT molecular complexity index is 1480. The summed E-state index contributed by atoms with van der Waals surface area (Å²) in [5.74, 6) is 1.81. The van der Waals surface area contributed by atoms with Crippen LogP contribution in [0, 0.1) is 5.92 Å². The van der Waals surface area contributed by atoms with E-state index in [1.54, 1.807) is 35.0 Å². The first-order chi connectivity index (χ1) is 18.6. The highest BCUT2D eigenvalue weighted by molar-refractivity contribution is 5.92. The molecule has 2 N–H and O–H groups in total. The third-order valence-corrected chi connectivity index (χ3v) is 6.86. The summed E-state index contributed by atoms with van der Waals surface area (Å²) >= 11 is 0. The summed E-state index contributed by atoms with van der Waals surface area (Å²) in [6.45, 7) is 5.90. The van der Waals surface area contributed by atoms with Crippen LogP contribution in [0.4, 0.5) is 30.6 Å². The number of anilines is 3. The van der Waals surface area contributed by atoms with E-state index in [-0.39, 0.29) is 11.8 Å². The monoisotopic (exact) mass is 538 g/mol. The molecule has 5 rings (SSSR count). The molecule has 1 saturated heterocycles. The van der Waals surface area contributed by atoms with Crippen molar-refractivity contribution in [2.45, 2.75) is 32.5 Å². The lowest BCUT2D eigenvalue weighted by Crippen LogP contribution is -2.31. The molecule has 0 aliphatic carbocycles. The van der Waals surface area contributed by atoms with E-state index in [0.717, 1.165) is 37.2 Å². The van der Waals surface area contributed by atoms with Crippen LogP contribution in [0.25, 0.3) is 11.0 Å². The zero-order valence-electron chi connectivity index (χ0n) is 21.8. The molecule has 39 heavy (non-hydrogen) atoms. The van der Waals surface area contributed by atoms with Gasteiger partial charge in [0.05, 0.1) is 22.5 Å². The van der Waals surface area contributed by atoms with Gasteiger partial charge < -0.3 is 24.8 Å². The Morgan fingerprint density at radius 3 is 2.51 bits per heavy atom. The lowest BCUT2D eigenvalue weighted by Gasteiger charge is -2.19. The van der Waals surface area contributed by atoms with Crippen molar-refractivity contribution >= 4 is 34.4 Å². The van der Waals surface area contributed by atoms with Crippen LogP contribution >= 0.6 is 0 Å². The first kappa shape index (κ1) is 26.5. The summed E-state index contributed by atoms with van der Waals surface area (Å²) in [7, 11) is 1.81. The summed E-state index contributed by atoms with van der Waals surface area (Å²) in [4.78, 5) is 23.9.